The molecule has 102 valence electrons. The number of nitrogens with one attached hydrogen (secondary N) is 1. The molecule has 2 aromatic carbocycles. The fraction of sp³-hybridized carbons (Fsp3) is 0. The average molecular weight is 309 g/mol. The molecule has 0 bridgehead atoms. The topological polar surface area (TPSA) is 55.1 Å². The van der Waals surface area contributed by atoms with Crippen molar-refractivity contribution in [3.8, 4) is 0 Å². The molecule has 2 rings (SSSR count). The summed E-state index contributed by atoms with van der Waals surface area (Å²) in [7, 11) is 0. The van der Waals surface area contributed by atoms with E-state index in [4.69, 9.17) is 29.6 Å². The summed E-state index contributed by atoms with van der Waals surface area (Å²) in [6.07, 6.45) is 0. The van der Waals surface area contributed by atoms with Crippen molar-refractivity contribution < 1.29 is 9.18 Å². The lowest BCUT2D eigenvalue weighted by Crippen LogP contribution is -2.15. The van der Waals surface area contributed by atoms with Gasteiger partial charge < -0.3 is 11.1 Å². The Hall–Kier alpha value is -1.98. The summed E-state index contributed by atoms with van der Waals surface area (Å²) in [5.41, 5.74) is 6.65. The molecule has 0 fully saturated rings. The van der Waals surface area contributed by atoms with Crippen LogP contribution in [-0.2, 0) is 0 Å². The zero-order valence-corrected chi connectivity index (χ0v) is 11.8. The van der Waals surface area contributed by atoms with Crippen molar-refractivity contribution in [3.63, 3.8) is 0 Å². The summed E-state index contributed by atoms with van der Waals surface area (Å²) < 4.78 is 13.1. The number of hydrogen-bond acceptors (Lipinski definition) is 2. The summed E-state index contributed by atoms with van der Waals surface area (Å²) in [5, 5.41) is 2.79. The first-order valence-corrected chi connectivity index (χ1v) is 6.42. The largest absolute Gasteiger partial charge is 0.389 e. The highest BCUT2D eigenvalue weighted by Gasteiger charge is 2.10. The maximum atomic E-state index is 13.1. The molecule has 0 unspecified atom stereocenters. The number of amides is 1. The predicted octanol–water partition coefficient (Wildman–Crippen LogP) is 3.37. The van der Waals surface area contributed by atoms with Gasteiger partial charge >= 0.3 is 0 Å². The van der Waals surface area contributed by atoms with E-state index in [0.717, 1.165) is 6.07 Å². The lowest BCUT2D eigenvalue weighted by molar-refractivity contribution is 0.102. The third-order valence-electron chi connectivity index (χ3n) is 2.59. The molecule has 0 radical (unpaired) electrons. The second-order valence-corrected chi connectivity index (χ2v) is 4.87. The molecule has 0 aromatic heterocycles. The molecule has 0 aliphatic rings. The highest BCUT2D eigenvalue weighted by atomic mass is 35.5. The van der Waals surface area contributed by atoms with Crippen molar-refractivity contribution in [2.24, 2.45) is 5.73 Å². The van der Waals surface area contributed by atoms with Crippen molar-refractivity contribution in [3.05, 3.63) is 64.4 Å². The zero-order chi connectivity index (χ0) is 14.7. The Bertz CT molecular complexity index is 691. The lowest BCUT2D eigenvalue weighted by Gasteiger charge is -2.08. The lowest BCUT2D eigenvalue weighted by atomic mass is 10.1. The number of thiocarbonyl (C=S) groups is 1. The van der Waals surface area contributed by atoms with Gasteiger partial charge in [-0.05, 0) is 30.3 Å². The second-order valence-electron chi connectivity index (χ2n) is 4.02. The first kappa shape index (κ1) is 14.4. The van der Waals surface area contributed by atoms with Gasteiger partial charge in [-0.25, -0.2) is 4.39 Å². The molecule has 0 spiro atoms. The Morgan fingerprint density at radius 3 is 2.60 bits per heavy atom. The zero-order valence-electron chi connectivity index (χ0n) is 10.2. The maximum Gasteiger partial charge on any atom is 0.255 e. The van der Waals surface area contributed by atoms with Crippen LogP contribution in [0.5, 0.6) is 0 Å². The van der Waals surface area contributed by atoms with E-state index < -0.39 is 11.7 Å². The van der Waals surface area contributed by atoms with Gasteiger partial charge in [0.05, 0.1) is 10.7 Å². The quantitative estimate of drug-likeness (QED) is 0.855. The van der Waals surface area contributed by atoms with E-state index in [2.05, 4.69) is 5.32 Å². The van der Waals surface area contributed by atoms with Crippen molar-refractivity contribution in [2.75, 3.05) is 5.32 Å². The van der Waals surface area contributed by atoms with Gasteiger partial charge in [-0.2, -0.15) is 0 Å². The highest BCUT2D eigenvalue weighted by Crippen LogP contribution is 2.23. The molecule has 0 atom stereocenters. The van der Waals surface area contributed by atoms with Crippen LogP contribution in [0.1, 0.15) is 15.9 Å². The molecule has 3 nitrogen and oxygen atoms in total. The molecule has 0 heterocycles. The summed E-state index contributed by atoms with van der Waals surface area (Å²) >= 11 is 10.7. The molecule has 1 amide bonds. The Kier molecular flexibility index (Phi) is 4.32. The van der Waals surface area contributed by atoms with Crippen LogP contribution >= 0.6 is 23.8 Å². The van der Waals surface area contributed by atoms with E-state index >= 15 is 0 Å². The normalized spacial score (nSPS) is 10.1. The van der Waals surface area contributed by atoms with Gasteiger partial charge in [0.2, 0.25) is 0 Å². The van der Waals surface area contributed by atoms with Crippen LogP contribution in [-0.4, -0.2) is 10.9 Å². The molecular formula is C14H10ClFN2OS. The molecule has 20 heavy (non-hydrogen) atoms. The Labute approximate surface area is 125 Å². The number of hydrogen-bond donors (Lipinski definition) is 2. The molecule has 0 aliphatic carbocycles. The average Bonchev–Trinajstić information content (AvgIpc) is 2.43. The molecule has 0 saturated carbocycles. The Morgan fingerprint density at radius 2 is 1.90 bits per heavy atom. The first-order chi connectivity index (χ1) is 9.47. The minimum absolute atomic E-state index is 0.198. The third-order valence-corrected chi connectivity index (χ3v) is 3.15. The van der Waals surface area contributed by atoms with E-state index in [1.54, 1.807) is 24.3 Å². The smallest absolute Gasteiger partial charge is 0.255 e. The number of anilines is 1. The van der Waals surface area contributed by atoms with E-state index in [-0.39, 0.29) is 15.7 Å². The molecule has 2 aromatic rings. The monoisotopic (exact) mass is 308 g/mol. The summed E-state index contributed by atoms with van der Waals surface area (Å²) in [6.45, 7) is 0. The molecule has 0 aliphatic heterocycles. The Morgan fingerprint density at radius 1 is 1.20 bits per heavy atom. The second kappa shape index (κ2) is 5.98. The van der Waals surface area contributed by atoms with Gasteiger partial charge in [0, 0.05) is 11.1 Å². The van der Waals surface area contributed by atoms with Gasteiger partial charge in [0.25, 0.3) is 5.91 Å². The summed E-state index contributed by atoms with van der Waals surface area (Å²) in [4.78, 5) is 12.3. The number of nitrogens with two attached hydrogens (primary N) is 1. The van der Waals surface area contributed by atoms with Crippen LogP contribution in [0.3, 0.4) is 0 Å². The van der Waals surface area contributed by atoms with E-state index in [9.17, 15) is 9.18 Å². The Balaban J connectivity index is 2.26. The van der Waals surface area contributed by atoms with Crippen molar-refractivity contribution in [1.82, 2.24) is 0 Å². The number of carbonyl (C=O) groups excluding carboxylic acids is 1. The van der Waals surface area contributed by atoms with Gasteiger partial charge in [-0.1, -0.05) is 36.0 Å². The molecule has 3 N–H and O–H groups in total. The van der Waals surface area contributed by atoms with Crippen LogP contribution in [0.25, 0.3) is 0 Å². The van der Waals surface area contributed by atoms with Gasteiger partial charge in [0.1, 0.15) is 10.8 Å². The van der Waals surface area contributed by atoms with Crippen molar-refractivity contribution in [2.45, 2.75) is 0 Å². The van der Waals surface area contributed by atoms with Crippen LogP contribution in [0.15, 0.2) is 42.5 Å². The number of rotatable bonds is 3. The number of benzene rings is 2. The van der Waals surface area contributed by atoms with E-state index in [0.29, 0.717) is 11.1 Å². The van der Waals surface area contributed by atoms with Gasteiger partial charge in [0.15, 0.2) is 0 Å². The number of carbonyl (C=O) groups is 1. The van der Waals surface area contributed by atoms with Crippen LogP contribution < -0.4 is 11.1 Å². The van der Waals surface area contributed by atoms with E-state index in [1.807, 2.05) is 0 Å². The maximum absolute atomic E-state index is 13.1. The van der Waals surface area contributed by atoms with Crippen LogP contribution in [0.2, 0.25) is 5.02 Å². The summed E-state index contributed by atoms with van der Waals surface area (Å²) in [5.74, 6) is -0.905. The number of halogens is 2. The van der Waals surface area contributed by atoms with Crippen LogP contribution in [0.4, 0.5) is 10.1 Å². The fourth-order valence-electron chi connectivity index (χ4n) is 1.60. The van der Waals surface area contributed by atoms with Crippen molar-refractivity contribution in [1.29, 1.82) is 0 Å². The molecule has 6 heteroatoms. The SMILES string of the molecule is NC(=S)c1cccc(C(=O)Nc2cc(F)ccc2Cl)c1. The minimum Gasteiger partial charge on any atom is -0.389 e. The molecular weight excluding hydrogens is 299 g/mol. The summed E-state index contributed by atoms with van der Waals surface area (Å²) in [6, 6.07) is 10.3. The van der Waals surface area contributed by atoms with Crippen LogP contribution in [0, 0.1) is 5.82 Å². The van der Waals surface area contributed by atoms with Crippen molar-refractivity contribution >= 4 is 40.4 Å². The van der Waals surface area contributed by atoms with Gasteiger partial charge in [-0.3, -0.25) is 4.79 Å². The van der Waals surface area contributed by atoms with Gasteiger partial charge in [-0.15, -0.1) is 0 Å². The third kappa shape index (κ3) is 3.31. The highest BCUT2D eigenvalue weighted by molar-refractivity contribution is 7.80. The predicted molar refractivity (Wildman–Crippen MR) is 81.7 cm³/mol. The molecule has 0 saturated heterocycles. The van der Waals surface area contributed by atoms with E-state index in [1.165, 1.54) is 12.1 Å². The fourth-order valence-corrected chi connectivity index (χ4v) is 1.89. The minimum atomic E-state index is -0.485. The standard InChI is InChI=1S/C14H10ClFN2OS/c15-11-5-4-10(16)7-12(11)18-14(19)9-3-1-2-8(6-9)13(17)20/h1-7H,(H2,17,20)(H,18,19). The first-order valence-electron chi connectivity index (χ1n) is 5.63.